The van der Waals surface area contributed by atoms with Gasteiger partial charge in [0.2, 0.25) is 0 Å². The fourth-order valence-corrected chi connectivity index (χ4v) is 9.49. The van der Waals surface area contributed by atoms with Gasteiger partial charge in [0.15, 0.2) is 10.8 Å². The molecule has 6 heterocycles. The number of aryl methyl sites for hydroxylation is 1. The average molecular weight is 677 g/mol. The number of piperidine rings is 1. The summed E-state index contributed by atoms with van der Waals surface area (Å²) < 4.78 is 30.6. The monoisotopic (exact) mass is 676 g/mol. The van der Waals surface area contributed by atoms with E-state index < -0.39 is 15.6 Å². The predicted molar refractivity (Wildman–Crippen MR) is 179 cm³/mol. The van der Waals surface area contributed by atoms with E-state index >= 15 is 0 Å². The summed E-state index contributed by atoms with van der Waals surface area (Å²) in [7, 11) is -2.02. The number of carbonyl (C=O) groups excluding carboxylic acids is 2. The fourth-order valence-electron chi connectivity index (χ4n) is 7.62. The smallest absolute Gasteiger partial charge is 0.262 e. The molecule has 2 bridgehead atoms. The number of pyridine rings is 2. The molecule has 3 aliphatic heterocycles. The second kappa shape index (κ2) is 13.0. The third kappa shape index (κ3) is 6.37. The molecule has 3 aliphatic rings. The van der Waals surface area contributed by atoms with E-state index in [1.54, 1.807) is 69.9 Å². The van der Waals surface area contributed by atoms with Crippen molar-refractivity contribution >= 4 is 21.7 Å². The Morgan fingerprint density at radius 1 is 0.980 bits per heavy atom. The molecule has 12 nitrogen and oxygen atoms in total. The van der Waals surface area contributed by atoms with Crippen LogP contribution in [-0.4, -0.2) is 73.0 Å². The number of aromatic nitrogens is 4. The van der Waals surface area contributed by atoms with Crippen LogP contribution in [0.15, 0.2) is 103 Å². The van der Waals surface area contributed by atoms with Crippen molar-refractivity contribution < 1.29 is 18.0 Å². The Hall–Kier alpha value is -5.19. The van der Waals surface area contributed by atoms with Crippen molar-refractivity contribution in [3.63, 3.8) is 0 Å². The summed E-state index contributed by atoms with van der Waals surface area (Å²) in [4.78, 5) is 42.6. The fraction of sp³-hybridized carbons (Fsp3) is 0.333. The van der Waals surface area contributed by atoms with Gasteiger partial charge in [-0.15, -0.1) is 0 Å². The highest BCUT2D eigenvalue weighted by Gasteiger charge is 2.52. The van der Waals surface area contributed by atoms with Crippen LogP contribution in [0.3, 0.4) is 0 Å². The summed E-state index contributed by atoms with van der Waals surface area (Å²) in [6.45, 7) is 0.331. The minimum Gasteiger partial charge on any atom is -0.357 e. The van der Waals surface area contributed by atoms with Crippen molar-refractivity contribution in [2.24, 2.45) is 13.0 Å². The zero-order valence-corrected chi connectivity index (χ0v) is 27.8. The first-order valence-electron chi connectivity index (χ1n) is 16.3. The predicted octanol–water partition coefficient (Wildman–Crippen LogP) is 3.39. The van der Waals surface area contributed by atoms with Gasteiger partial charge >= 0.3 is 0 Å². The van der Waals surface area contributed by atoms with Gasteiger partial charge in [-0.25, -0.2) is 13.4 Å². The van der Waals surface area contributed by atoms with Crippen LogP contribution in [0.1, 0.15) is 52.7 Å². The first-order valence-corrected chi connectivity index (χ1v) is 17.7. The molecule has 0 radical (unpaired) electrons. The maximum Gasteiger partial charge on any atom is 0.262 e. The summed E-state index contributed by atoms with van der Waals surface area (Å²) in [6.07, 6.45) is 14.6. The molecule has 13 heteroatoms. The lowest BCUT2D eigenvalue weighted by Gasteiger charge is -2.38. The molecule has 0 aliphatic carbocycles. The van der Waals surface area contributed by atoms with Crippen LogP contribution in [0.25, 0.3) is 0 Å². The standard InChI is InChI=1S/C36H36N8O4S/c1-42-23-34(40-24-42)49(47,48)44-30-6-7-31(44)17-28(16-30)22-43-33(18-32(45)29-4-2-27(21-37)3-5-29)41-36(35(43)46,19-25-8-12-38-13-9-25)20-26-10-14-39-15-11-26/h2-5,8-15,18,23-24,28,30-31,41H,6-7,16-17,19-20,22H2,1H3. The van der Waals surface area contributed by atoms with E-state index in [1.807, 2.05) is 24.3 Å². The lowest BCUT2D eigenvalue weighted by molar-refractivity contribution is -0.132. The number of nitrogens with zero attached hydrogens (tertiary/aromatic N) is 7. The maximum atomic E-state index is 14.8. The largest absolute Gasteiger partial charge is 0.357 e. The van der Waals surface area contributed by atoms with E-state index in [0.29, 0.717) is 49.2 Å². The lowest BCUT2D eigenvalue weighted by atomic mass is 9.84. The molecule has 2 atom stereocenters. The molecular weight excluding hydrogens is 641 g/mol. The highest BCUT2D eigenvalue weighted by molar-refractivity contribution is 7.89. The van der Waals surface area contributed by atoms with Gasteiger partial charge in [-0.2, -0.15) is 9.57 Å². The van der Waals surface area contributed by atoms with Crippen molar-refractivity contribution in [2.45, 2.75) is 61.2 Å². The minimum absolute atomic E-state index is 0.00416. The number of allylic oxidation sites excluding steroid dienone is 1. The van der Waals surface area contributed by atoms with E-state index in [1.165, 1.54) is 18.6 Å². The normalized spacial score (nSPS) is 22.6. The van der Waals surface area contributed by atoms with Gasteiger partial charge < -0.3 is 9.88 Å². The summed E-state index contributed by atoms with van der Waals surface area (Å²) >= 11 is 0. The number of amides is 1. The summed E-state index contributed by atoms with van der Waals surface area (Å²) in [5, 5.41) is 12.8. The first-order chi connectivity index (χ1) is 23.6. The van der Waals surface area contributed by atoms with E-state index in [0.717, 1.165) is 24.0 Å². The molecule has 0 spiro atoms. The molecule has 0 saturated carbocycles. The van der Waals surface area contributed by atoms with Crippen LogP contribution >= 0.6 is 0 Å². The van der Waals surface area contributed by atoms with Crippen LogP contribution in [0, 0.1) is 17.2 Å². The van der Waals surface area contributed by atoms with E-state index in [-0.39, 0.29) is 34.7 Å². The van der Waals surface area contributed by atoms with Crippen molar-refractivity contribution in [1.82, 2.24) is 34.0 Å². The quantitative estimate of drug-likeness (QED) is 0.197. The number of imidazole rings is 1. The van der Waals surface area contributed by atoms with Crippen molar-refractivity contribution in [1.29, 1.82) is 5.26 Å². The van der Waals surface area contributed by atoms with Gasteiger partial charge in [0, 0.05) is 81.1 Å². The van der Waals surface area contributed by atoms with Gasteiger partial charge in [-0.3, -0.25) is 24.5 Å². The van der Waals surface area contributed by atoms with Crippen LogP contribution in [0.4, 0.5) is 0 Å². The number of nitrogens with one attached hydrogen (secondary N) is 1. The highest BCUT2D eigenvalue weighted by atomic mass is 32.2. The molecule has 3 aromatic heterocycles. The second-order valence-electron chi connectivity index (χ2n) is 13.2. The van der Waals surface area contributed by atoms with Crippen LogP contribution in [0.5, 0.6) is 0 Å². The number of carbonyl (C=O) groups is 2. The van der Waals surface area contributed by atoms with Crippen molar-refractivity contribution in [3.05, 3.63) is 120 Å². The topological polar surface area (TPSA) is 154 Å². The molecule has 1 aromatic carbocycles. The van der Waals surface area contributed by atoms with Gasteiger partial charge in [-0.05, 0) is 91.3 Å². The number of sulfonamides is 1. The molecule has 1 amide bonds. The molecular formula is C36H36N8O4S. The van der Waals surface area contributed by atoms with Gasteiger partial charge in [-0.1, -0.05) is 0 Å². The van der Waals surface area contributed by atoms with E-state index in [9.17, 15) is 23.3 Å². The van der Waals surface area contributed by atoms with Crippen molar-refractivity contribution in [2.75, 3.05) is 6.54 Å². The number of hydrogen-bond acceptors (Lipinski definition) is 9. The maximum absolute atomic E-state index is 14.8. The Labute approximate surface area is 285 Å². The average Bonchev–Trinajstić information content (AvgIpc) is 3.75. The Morgan fingerprint density at radius 3 is 2.10 bits per heavy atom. The number of fused-ring (bicyclic) bond motifs is 2. The second-order valence-corrected chi connectivity index (χ2v) is 15.0. The highest BCUT2D eigenvalue weighted by Crippen LogP contribution is 2.43. The molecule has 7 rings (SSSR count). The molecule has 2 unspecified atom stereocenters. The third-order valence-electron chi connectivity index (χ3n) is 9.82. The van der Waals surface area contributed by atoms with Gasteiger partial charge in [0.05, 0.1) is 18.0 Å². The van der Waals surface area contributed by atoms with E-state index in [4.69, 9.17) is 0 Å². The number of hydrogen-bond donors (Lipinski definition) is 1. The van der Waals surface area contributed by atoms with Crippen LogP contribution in [-0.2, 0) is 34.7 Å². The molecule has 49 heavy (non-hydrogen) atoms. The Bertz CT molecular complexity index is 1990. The zero-order chi connectivity index (χ0) is 34.2. The minimum atomic E-state index is -3.77. The van der Waals surface area contributed by atoms with Gasteiger partial charge in [0.25, 0.3) is 15.9 Å². The molecule has 4 aromatic rings. The number of benzene rings is 1. The lowest BCUT2D eigenvalue weighted by Crippen LogP contribution is -2.51. The molecule has 250 valence electrons. The zero-order valence-electron chi connectivity index (χ0n) is 27.0. The number of rotatable bonds is 10. The summed E-state index contributed by atoms with van der Waals surface area (Å²) in [5.41, 5.74) is 1.56. The summed E-state index contributed by atoms with van der Waals surface area (Å²) in [6, 6.07) is 15.6. The molecule has 3 saturated heterocycles. The SMILES string of the molecule is Cn1cnc(S(=O)(=O)N2C3CCC2CC(CN2C(=O)C(Cc4ccncc4)(Cc4ccncc4)NC2=CC(=O)c2ccc(C#N)cc2)C3)c1. The Morgan fingerprint density at radius 2 is 1.57 bits per heavy atom. The van der Waals surface area contributed by atoms with E-state index in [2.05, 4.69) is 26.3 Å². The number of nitriles is 1. The van der Waals surface area contributed by atoms with Crippen LogP contribution < -0.4 is 5.32 Å². The number of ketones is 1. The van der Waals surface area contributed by atoms with Crippen molar-refractivity contribution in [3.8, 4) is 6.07 Å². The molecule has 3 fully saturated rings. The summed E-state index contributed by atoms with van der Waals surface area (Å²) in [5.74, 6) is -0.0523. The molecule has 1 N–H and O–H groups in total. The first kappa shape index (κ1) is 32.4. The Balaban J connectivity index is 1.22. The Kier molecular flexibility index (Phi) is 8.60. The van der Waals surface area contributed by atoms with Crippen LogP contribution in [0.2, 0.25) is 0 Å². The third-order valence-corrected chi connectivity index (χ3v) is 11.7. The van der Waals surface area contributed by atoms with Gasteiger partial charge in [0.1, 0.15) is 11.4 Å².